The summed E-state index contributed by atoms with van der Waals surface area (Å²) in [5.41, 5.74) is 2.81. The van der Waals surface area contributed by atoms with Crippen LogP contribution in [0.15, 0.2) is 54.6 Å². The first-order valence-corrected chi connectivity index (χ1v) is 9.54. The average molecular weight is 350 g/mol. The average Bonchev–Trinajstić information content (AvgIpc) is 2.89. The number of rotatable bonds is 6. The Balaban J connectivity index is 1.34. The Morgan fingerprint density at radius 1 is 1.00 bits per heavy atom. The number of carboxylic acid groups (broad SMARTS) is 1. The van der Waals surface area contributed by atoms with Gasteiger partial charge in [-0.3, -0.25) is 4.90 Å². The quantitative estimate of drug-likeness (QED) is 0.835. The van der Waals surface area contributed by atoms with Gasteiger partial charge in [-0.2, -0.15) is 0 Å². The van der Waals surface area contributed by atoms with Gasteiger partial charge in [0.25, 0.3) is 0 Å². The molecule has 0 spiro atoms. The van der Waals surface area contributed by atoms with Crippen molar-refractivity contribution in [1.82, 2.24) is 10.2 Å². The van der Waals surface area contributed by atoms with Crippen LogP contribution in [0.4, 0.5) is 0 Å². The fourth-order valence-electron chi connectivity index (χ4n) is 4.57. The molecule has 2 heterocycles. The van der Waals surface area contributed by atoms with Crippen LogP contribution in [-0.4, -0.2) is 34.1 Å². The van der Waals surface area contributed by atoms with E-state index in [-0.39, 0.29) is 0 Å². The van der Waals surface area contributed by atoms with Crippen LogP contribution in [0.1, 0.15) is 47.2 Å². The first kappa shape index (κ1) is 17.3. The van der Waals surface area contributed by atoms with E-state index in [1.807, 2.05) is 12.1 Å². The van der Waals surface area contributed by atoms with E-state index >= 15 is 0 Å². The summed E-state index contributed by atoms with van der Waals surface area (Å²) >= 11 is 0. The fraction of sp³-hybridized carbons (Fsp3) is 0.409. The van der Waals surface area contributed by atoms with Crippen LogP contribution in [0.3, 0.4) is 0 Å². The number of piperidine rings is 1. The number of benzene rings is 2. The zero-order chi connectivity index (χ0) is 17.9. The van der Waals surface area contributed by atoms with Gasteiger partial charge in [-0.15, -0.1) is 0 Å². The van der Waals surface area contributed by atoms with E-state index < -0.39 is 5.97 Å². The number of hydrogen-bond acceptors (Lipinski definition) is 3. The second kappa shape index (κ2) is 7.60. The number of fused-ring (bicyclic) bond motifs is 2. The lowest BCUT2D eigenvalue weighted by Crippen LogP contribution is -2.48. The van der Waals surface area contributed by atoms with Crippen LogP contribution in [0.2, 0.25) is 0 Å². The number of nitrogens with zero attached hydrogens (tertiary/aromatic N) is 1. The van der Waals surface area contributed by atoms with Gasteiger partial charge >= 0.3 is 5.97 Å². The maximum absolute atomic E-state index is 11.1. The third-order valence-electron chi connectivity index (χ3n) is 5.86. The summed E-state index contributed by atoms with van der Waals surface area (Å²) in [6.45, 7) is 1.80. The first-order chi connectivity index (χ1) is 12.7. The molecule has 2 saturated heterocycles. The molecule has 136 valence electrons. The number of nitrogens with one attached hydrogen (secondary N) is 1. The largest absolute Gasteiger partial charge is 0.478 e. The maximum Gasteiger partial charge on any atom is 0.335 e. The van der Waals surface area contributed by atoms with Gasteiger partial charge in [0.05, 0.1) is 5.56 Å². The molecule has 2 aromatic rings. The van der Waals surface area contributed by atoms with Crippen molar-refractivity contribution in [2.45, 2.75) is 56.9 Å². The molecule has 0 aliphatic carbocycles. The molecule has 0 radical (unpaired) electrons. The van der Waals surface area contributed by atoms with Crippen LogP contribution in [0, 0.1) is 0 Å². The summed E-state index contributed by atoms with van der Waals surface area (Å²) in [4.78, 5) is 13.8. The normalized spacial score (nSPS) is 25.3. The minimum atomic E-state index is -0.862. The lowest BCUT2D eigenvalue weighted by atomic mass is 9.96. The molecular weight excluding hydrogens is 324 g/mol. The Morgan fingerprint density at radius 3 is 2.38 bits per heavy atom. The lowest BCUT2D eigenvalue weighted by Gasteiger charge is -2.39. The van der Waals surface area contributed by atoms with Gasteiger partial charge in [0.1, 0.15) is 0 Å². The Morgan fingerprint density at radius 2 is 1.69 bits per heavy atom. The second-order valence-corrected chi connectivity index (χ2v) is 7.60. The molecule has 26 heavy (non-hydrogen) atoms. The maximum atomic E-state index is 11.1. The van der Waals surface area contributed by atoms with E-state index in [4.69, 9.17) is 5.11 Å². The molecule has 2 atom stereocenters. The molecule has 2 N–H and O–H groups in total. The molecule has 4 rings (SSSR count). The van der Waals surface area contributed by atoms with E-state index in [0.29, 0.717) is 23.7 Å². The Bertz CT molecular complexity index is 748. The topological polar surface area (TPSA) is 52.6 Å². The van der Waals surface area contributed by atoms with Gasteiger partial charge in [0, 0.05) is 31.2 Å². The van der Waals surface area contributed by atoms with Crippen molar-refractivity contribution < 1.29 is 9.90 Å². The highest BCUT2D eigenvalue weighted by molar-refractivity contribution is 5.87. The highest BCUT2D eigenvalue weighted by Crippen LogP contribution is 2.36. The van der Waals surface area contributed by atoms with E-state index in [9.17, 15) is 4.79 Å². The van der Waals surface area contributed by atoms with Crippen LogP contribution < -0.4 is 5.32 Å². The zero-order valence-electron chi connectivity index (χ0n) is 15.0. The zero-order valence-corrected chi connectivity index (χ0v) is 15.0. The minimum absolute atomic E-state index is 0.363. The van der Waals surface area contributed by atoms with Crippen molar-refractivity contribution in [3.63, 3.8) is 0 Å². The van der Waals surface area contributed by atoms with Crippen molar-refractivity contribution in [1.29, 1.82) is 0 Å². The predicted octanol–water partition coefficient (Wildman–Crippen LogP) is 3.67. The molecule has 0 saturated carbocycles. The first-order valence-electron chi connectivity index (χ1n) is 9.54. The third-order valence-corrected chi connectivity index (χ3v) is 5.86. The summed E-state index contributed by atoms with van der Waals surface area (Å²) in [5, 5.41) is 12.8. The molecular formula is C22H26N2O2. The summed E-state index contributed by atoms with van der Waals surface area (Å²) in [6, 6.07) is 19.9. The van der Waals surface area contributed by atoms with Gasteiger partial charge in [0.2, 0.25) is 0 Å². The Hall–Kier alpha value is -2.17. The van der Waals surface area contributed by atoms with Crippen molar-refractivity contribution in [3.05, 3.63) is 71.3 Å². The highest BCUT2D eigenvalue weighted by atomic mass is 16.4. The monoisotopic (exact) mass is 350 g/mol. The van der Waals surface area contributed by atoms with E-state index in [1.54, 1.807) is 12.1 Å². The molecule has 0 amide bonds. The minimum Gasteiger partial charge on any atom is -0.478 e. The summed E-state index contributed by atoms with van der Waals surface area (Å²) in [5.74, 6) is -0.862. The predicted molar refractivity (Wildman–Crippen MR) is 102 cm³/mol. The van der Waals surface area contributed by atoms with Crippen molar-refractivity contribution in [3.8, 4) is 0 Å². The lowest BCUT2D eigenvalue weighted by molar-refractivity contribution is 0.0696. The second-order valence-electron chi connectivity index (χ2n) is 7.60. The van der Waals surface area contributed by atoms with Crippen LogP contribution >= 0.6 is 0 Å². The van der Waals surface area contributed by atoms with Crippen molar-refractivity contribution in [2.24, 2.45) is 0 Å². The SMILES string of the molecule is O=C(O)c1cccc(CNC2CC3CCC(C2)N3Cc2ccccc2)c1. The number of carboxylic acids is 1. The molecule has 2 aromatic carbocycles. The molecule has 2 fully saturated rings. The number of aromatic carboxylic acids is 1. The van der Waals surface area contributed by atoms with Gasteiger partial charge < -0.3 is 10.4 Å². The van der Waals surface area contributed by atoms with E-state index in [2.05, 4.69) is 40.5 Å². The molecule has 4 heteroatoms. The molecule has 2 bridgehead atoms. The molecule has 2 aliphatic rings. The third kappa shape index (κ3) is 3.81. The van der Waals surface area contributed by atoms with Crippen molar-refractivity contribution >= 4 is 5.97 Å². The molecule has 0 aromatic heterocycles. The smallest absolute Gasteiger partial charge is 0.335 e. The van der Waals surface area contributed by atoms with E-state index in [1.165, 1.54) is 31.2 Å². The fourth-order valence-corrected chi connectivity index (χ4v) is 4.57. The van der Waals surface area contributed by atoms with Crippen LogP contribution in [0.5, 0.6) is 0 Å². The van der Waals surface area contributed by atoms with Gasteiger partial charge in [0.15, 0.2) is 0 Å². The number of hydrogen-bond donors (Lipinski definition) is 2. The van der Waals surface area contributed by atoms with E-state index in [0.717, 1.165) is 18.7 Å². The van der Waals surface area contributed by atoms with Gasteiger partial charge in [-0.05, 0) is 48.9 Å². The molecule has 4 nitrogen and oxygen atoms in total. The van der Waals surface area contributed by atoms with Crippen LogP contribution in [-0.2, 0) is 13.1 Å². The highest BCUT2D eigenvalue weighted by Gasteiger charge is 2.40. The Labute approximate surface area is 154 Å². The molecule has 2 aliphatic heterocycles. The van der Waals surface area contributed by atoms with Crippen molar-refractivity contribution in [2.75, 3.05) is 0 Å². The van der Waals surface area contributed by atoms with Gasteiger partial charge in [-0.1, -0.05) is 42.5 Å². The summed E-state index contributed by atoms with van der Waals surface area (Å²) in [7, 11) is 0. The Kier molecular flexibility index (Phi) is 5.05. The summed E-state index contributed by atoms with van der Waals surface area (Å²) in [6.07, 6.45) is 4.96. The van der Waals surface area contributed by atoms with Gasteiger partial charge in [-0.25, -0.2) is 4.79 Å². The summed E-state index contributed by atoms with van der Waals surface area (Å²) < 4.78 is 0. The number of carbonyl (C=O) groups is 1. The standard InChI is InChI=1S/C22H26N2O2/c25-22(26)18-8-4-7-17(11-18)14-23-19-12-20-9-10-21(13-19)24(20)15-16-5-2-1-3-6-16/h1-8,11,19-21,23H,9-10,12-15H2,(H,25,26). The molecule has 2 unspecified atom stereocenters. The van der Waals surface area contributed by atoms with Crippen LogP contribution in [0.25, 0.3) is 0 Å².